The van der Waals surface area contributed by atoms with Crippen LogP contribution in [0, 0.1) is 0 Å². The highest BCUT2D eigenvalue weighted by Gasteiger charge is 2.46. The average Bonchev–Trinajstić information content (AvgIpc) is 2.55. The smallest absolute Gasteiger partial charge is 0.187 e. The Bertz CT molecular complexity index is 426. The molecule has 0 spiro atoms. The summed E-state index contributed by atoms with van der Waals surface area (Å²) in [4.78, 5) is 0. The standard InChI is InChI=1S/C16H24O6/c1-18-10-12-13(17)14(19-2)15(20-3)16(22-12)21-9-11-7-5-4-6-8-11/h4-8,12-17H,9-10H2,1-3H3/t12-,13-,14+,15-,16-/m1/s1. The molecule has 6 nitrogen and oxygen atoms in total. The maximum absolute atomic E-state index is 10.3. The van der Waals surface area contributed by atoms with Crippen LogP contribution in [-0.2, 0) is 30.3 Å². The van der Waals surface area contributed by atoms with Gasteiger partial charge in [-0.15, -0.1) is 0 Å². The van der Waals surface area contributed by atoms with Gasteiger partial charge >= 0.3 is 0 Å². The monoisotopic (exact) mass is 312 g/mol. The molecule has 0 unspecified atom stereocenters. The van der Waals surface area contributed by atoms with Gasteiger partial charge in [0.05, 0.1) is 13.2 Å². The van der Waals surface area contributed by atoms with Gasteiger partial charge in [-0.3, -0.25) is 0 Å². The van der Waals surface area contributed by atoms with Crippen LogP contribution in [0.4, 0.5) is 0 Å². The predicted octanol–water partition coefficient (Wildman–Crippen LogP) is 0.965. The van der Waals surface area contributed by atoms with Gasteiger partial charge in [-0.2, -0.15) is 0 Å². The molecule has 22 heavy (non-hydrogen) atoms. The molecule has 5 atom stereocenters. The molecule has 1 aromatic rings. The van der Waals surface area contributed by atoms with Crippen LogP contribution < -0.4 is 0 Å². The lowest BCUT2D eigenvalue weighted by Crippen LogP contribution is -2.60. The van der Waals surface area contributed by atoms with Crippen LogP contribution in [0.2, 0.25) is 0 Å². The SMILES string of the molecule is COC[C@H]1O[C@@H](OCc2ccccc2)[C@H](OC)[C@@H](OC)[C@@H]1O. The summed E-state index contributed by atoms with van der Waals surface area (Å²) >= 11 is 0. The average molecular weight is 312 g/mol. The molecule has 1 fully saturated rings. The zero-order valence-electron chi connectivity index (χ0n) is 13.2. The van der Waals surface area contributed by atoms with Crippen molar-refractivity contribution in [3.8, 4) is 0 Å². The minimum absolute atomic E-state index is 0.253. The molecule has 6 heteroatoms. The van der Waals surface area contributed by atoms with Gasteiger partial charge in [0.1, 0.15) is 24.4 Å². The molecule has 0 aromatic heterocycles. The lowest BCUT2D eigenvalue weighted by Gasteiger charge is -2.43. The van der Waals surface area contributed by atoms with E-state index in [0.29, 0.717) is 6.61 Å². The maximum Gasteiger partial charge on any atom is 0.187 e. The van der Waals surface area contributed by atoms with Crippen molar-refractivity contribution in [3.05, 3.63) is 35.9 Å². The van der Waals surface area contributed by atoms with Crippen LogP contribution in [-0.4, -0.2) is 63.7 Å². The van der Waals surface area contributed by atoms with Crippen molar-refractivity contribution < 1.29 is 28.8 Å². The van der Waals surface area contributed by atoms with Crippen LogP contribution >= 0.6 is 0 Å². The molecule has 124 valence electrons. The van der Waals surface area contributed by atoms with E-state index in [-0.39, 0.29) is 6.61 Å². The number of aliphatic hydroxyl groups is 1. The second-order valence-electron chi connectivity index (χ2n) is 5.19. The lowest BCUT2D eigenvalue weighted by molar-refractivity contribution is -0.312. The summed E-state index contributed by atoms with van der Waals surface area (Å²) in [6, 6.07) is 9.79. The molecule has 2 rings (SSSR count). The quantitative estimate of drug-likeness (QED) is 0.809. The zero-order chi connectivity index (χ0) is 15.9. The van der Waals surface area contributed by atoms with Gasteiger partial charge < -0.3 is 28.8 Å². The van der Waals surface area contributed by atoms with Gasteiger partial charge in [-0.05, 0) is 5.56 Å². The van der Waals surface area contributed by atoms with E-state index < -0.39 is 30.7 Å². The van der Waals surface area contributed by atoms with Gasteiger partial charge in [0.15, 0.2) is 6.29 Å². The van der Waals surface area contributed by atoms with Crippen molar-refractivity contribution in [2.75, 3.05) is 27.9 Å². The van der Waals surface area contributed by atoms with E-state index in [1.807, 2.05) is 30.3 Å². The van der Waals surface area contributed by atoms with Crippen molar-refractivity contribution in [2.45, 2.75) is 37.3 Å². The van der Waals surface area contributed by atoms with Crippen molar-refractivity contribution in [1.29, 1.82) is 0 Å². The molecule has 1 saturated heterocycles. The second-order valence-corrected chi connectivity index (χ2v) is 5.19. The third kappa shape index (κ3) is 4.04. The molecule has 1 aliphatic rings. The van der Waals surface area contributed by atoms with Crippen LogP contribution in [0.25, 0.3) is 0 Å². The third-order valence-electron chi connectivity index (χ3n) is 3.75. The van der Waals surface area contributed by atoms with Gasteiger partial charge in [0, 0.05) is 21.3 Å². The Morgan fingerprint density at radius 2 is 1.73 bits per heavy atom. The minimum Gasteiger partial charge on any atom is -0.387 e. The van der Waals surface area contributed by atoms with Gasteiger partial charge in [-0.1, -0.05) is 30.3 Å². The highest BCUT2D eigenvalue weighted by atomic mass is 16.7. The van der Waals surface area contributed by atoms with E-state index in [0.717, 1.165) is 5.56 Å². The second kappa shape index (κ2) is 8.57. The summed E-state index contributed by atoms with van der Waals surface area (Å²) in [5.74, 6) is 0. The lowest BCUT2D eigenvalue weighted by atomic mass is 9.99. The molecule has 0 bridgehead atoms. The fraction of sp³-hybridized carbons (Fsp3) is 0.625. The molecule has 1 N–H and O–H groups in total. The summed E-state index contributed by atoms with van der Waals surface area (Å²) in [5, 5.41) is 10.3. The summed E-state index contributed by atoms with van der Waals surface area (Å²) < 4.78 is 27.5. The highest BCUT2D eigenvalue weighted by molar-refractivity contribution is 5.13. The van der Waals surface area contributed by atoms with E-state index in [2.05, 4.69) is 0 Å². The summed E-state index contributed by atoms with van der Waals surface area (Å²) in [6.45, 7) is 0.639. The predicted molar refractivity (Wildman–Crippen MR) is 79.4 cm³/mol. The van der Waals surface area contributed by atoms with E-state index in [9.17, 15) is 5.11 Å². The molecule has 0 radical (unpaired) electrons. The molecule has 0 aliphatic carbocycles. The van der Waals surface area contributed by atoms with Crippen molar-refractivity contribution >= 4 is 0 Å². The summed E-state index contributed by atoms with van der Waals surface area (Å²) in [6.07, 6.45) is -3.07. The van der Waals surface area contributed by atoms with E-state index in [4.69, 9.17) is 23.7 Å². The fourth-order valence-corrected chi connectivity index (χ4v) is 2.60. The minimum atomic E-state index is -0.841. The summed E-state index contributed by atoms with van der Waals surface area (Å²) in [7, 11) is 4.63. The molecule has 1 heterocycles. The maximum atomic E-state index is 10.3. The van der Waals surface area contributed by atoms with E-state index in [1.54, 1.807) is 14.2 Å². The number of aliphatic hydroxyl groups excluding tert-OH is 1. The first kappa shape index (κ1) is 17.3. The Hall–Kier alpha value is -1.02. The Kier molecular flexibility index (Phi) is 6.75. The van der Waals surface area contributed by atoms with Crippen molar-refractivity contribution in [2.24, 2.45) is 0 Å². The molecule has 0 saturated carbocycles. The first-order valence-electron chi connectivity index (χ1n) is 7.24. The first-order chi connectivity index (χ1) is 10.7. The van der Waals surface area contributed by atoms with Crippen LogP contribution in [0.5, 0.6) is 0 Å². The van der Waals surface area contributed by atoms with E-state index >= 15 is 0 Å². The van der Waals surface area contributed by atoms with Crippen molar-refractivity contribution in [3.63, 3.8) is 0 Å². The number of ether oxygens (including phenoxy) is 5. The number of benzene rings is 1. The largest absolute Gasteiger partial charge is 0.387 e. The number of rotatable bonds is 7. The van der Waals surface area contributed by atoms with Crippen LogP contribution in [0.15, 0.2) is 30.3 Å². The van der Waals surface area contributed by atoms with Gasteiger partial charge in [0.2, 0.25) is 0 Å². The molecule has 1 aliphatic heterocycles. The number of hydrogen-bond donors (Lipinski definition) is 1. The first-order valence-corrected chi connectivity index (χ1v) is 7.24. The topological polar surface area (TPSA) is 66.4 Å². The van der Waals surface area contributed by atoms with Gasteiger partial charge in [0.25, 0.3) is 0 Å². The Morgan fingerprint density at radius 1 is 1.05 bits per heavy atom. The zero-order valence-corrected chi connectivity index (χ0v) is 13.2. The van der Waals surface area contributed by atoms with Crippen LogP contribution in [0.3, 0.4) is 0 Å². The Morgan fingerprint density at radius 3 is 2.32 bits per heavy atom. The third-order valence-corrected chi connectivity index (χ3v) is 3.75. The fourth-order valence-electron chi connectivity index (χ4n) is 2.60. The molecule has 1 aromatic carbocycles. The number of methoxy groups -OCH3 is 3. The Balaban J connectivity index is 2.05. The molecular weight excluding hydrogens is 288 g/mol. The van der Waals surface area contributed by atoms with Crippen molar-refractivity contribution in [1.82, 2.24) is 0 Å². The normalized spacial score (nSPS) is 32.1. The Labute approximate surface area is 130 Å². The van der Waals surface area contributed by atoms with Crippen LogP contribution in [0.1, 0.15) is 5.56 Å². The summed E-state index contributed by atoms with van der Waals surface area (Å²) in [5.41, 5.74) is 1.03. The van der Waals surface area contributed by atoms with Gasteiger partial charge in [-0.25, -0.2) is 0 Å². The number of hydrogen-bond acceptors (Lipinski definition) is 6. The van der Waals surface area contributed by atoms with E-state index in [1.165, 1.54) is 7.11 Å². The molecular formula is C16H24O6. The molecule has 0 amide bonds. The highest BCUT2D eigenvalue weighted by Crippen LogP contribution is 2.26.